The Bertz CT molecular complexity index is 991. The molecule has 4 fully saturated rings. The highest BCUT2D eigenvalue weighted by molar-refractivity contribution is 5.57. The number of allylic oxidation sites excluding steroid dienone is 1. The summed E-state index contributed by atoms with van der Waals surface area (Å²) >= 11 is 0. The standard InChI is InChI=1S/C28H41NO3/c1-17-21(31-7)10-9-19-15-22-26-11-12-28(32-8,20(16-26)24(30)25(3,4)5)18(2)27(26,23(17)19)13-14-29(22)6/h9-10,18,22,30H,11-16H2,1-8H3/b24-20+/t18?,22?,26-,27?,28+/m1/s1. The minimum atomic E-state index is -0.413. The molecule has 4 bridgehead atoms. The average molecular weight is 440 g/mol. The first kappa shape index (κ1) is 22.3. The third-order valence-corrected chi connectivity index (χ3v) is 10.2. The molecule has 6 rings (SSSR count). The van der Waals surface area contributed by atoms with Crippen LogP contribution in [0, 0.1) is 23.7 Å². The third-order valence-electron chi connectivity index (χ3n) is 10.2. The van der Waals surface area contributed by atoms with Crippen LogP contribution in [0.3, 0.4) is 0 Å². The predicted molar refractivity (Wildman–Crippen MR) is 128 cm³/mol. The molecule has 5 atom stereocenters. The van der Waals surface area contributed by atoms with Gasteiger partial charge in [0, 0.05) is 35.0 Å². The van der Waals surface area contributed by atoms with E-state index in [1.54, 1.807) is 7.11 Å². The lowest BCUT2D eigenvalue weighted by Crippen LogP contribution is -2.77. The van der Waals surface area contributed by atoms with Crippen molar-refractivity contribution >= 4 is 0 Å². The van der Waals surface area contributed by atoms with Crippen LogP contribution in [0.1, 0.15) is 70.1 Å². The fraction of sp³-hybridized carbons (Fsp3) is 0.714. The topological polar surface area (TPSA) is 41.9 Å². The molecule has 5 aliphatic rings. The van der Waals surface area contributed by atoms with Crippen molar-refractivity contribution in [1.29, 1.82) is 0 Å². The first-order valence-corrected chi connectivity index (χ1v) is 12.4. The number of likely N-dealkylation sites (tertiary alicyclic amines) is 1. The highest BCUT2D eigenvalue weighted by atomic mass is 16.5. The quantitative estimate of drug-likeness (QED) is 0.612. The van der Waals surface area contributed by atoms with Gasteiger partial charge in [-0.05, 0) is 81.3 Å². The van der Waals surface area contributed by atoms with Crippen LogP contribution < -0.4 is 4.74 Å². The van der Waals surface area contributed by atoms with E-state index in [9.17, 15) is 5.11 Å². The summed E-state index contributed by atoms with van der Waals surface area (Å²) in [5.41, 5.74) is 4.95. The van der Waals surface area contributed by atoms with E-state index in [0.717, 1.165) is 44.4 Å². The molecule has 3 saturated carbocycles. The fourth-order valence-corrected chi connectivity index (χ4v) is 8.83. The van der Waals surface area contributed by atoms with E-state index in [1.807, 2.05) is 7.11 Å². The smallest absolute Gasteiger partial charge is 0.122 e. The van der Waals surface area contributed by atoms with E-state index in [2.05, 4.69) is 58.7 Å². The largest absolute Gasteiger partial charge is 0.512 e. The minimum absolute atomic E-state index is 0.0340. The van der Waals surface area contributed by atoms with Crippen LogP contribution in [0.4, 0.5) is 0 Å². The van der Waals surface area contributed by atoms with Gasteiger partial charge in [0.05, 0.1) is 18.5 Å². The van der Waals surface area contributed by atoms with Gasteiger partial charge in [0.25, 0.3) is 0 Å². The molecular weight excluding hydrogens is 398 g/mol. The van der Waals surface area contributed by atoms with Gasteiger partial charge in [-0.25, -0.2) is 0 Å². The van der Waals surface area contributed by atoms with E-state index in [4.69, 9.17) is 9.47 Å². The molecule has 1 aromatic carbocycles. The molecule has 1 aromatic rings. The first-order valence-electron chi connectivity index (χ1n) is 12.4. The van der Waals surface area contributed by atoms with Gasteiger partial charge in [0.2, 0.25) is 0 Å². The van der Waals surface area contributed by atoms with Crippen LogP contribution in [0.15, 0.2) is 23.5 Å². The zero-order valence-electron chi connectivity index (χ0n) is 21.3. The number of piperidine rings is 1. The van der Waals surface area contributed by atoms with Crippen molar-refractivity contribution in [2.24, 2.45) is 16.7 Å². The number of nitrogens with zero attached hydrogens (tertiary/aromatic N) is 1. The zero-order valence-corrected chi connectivity index (χ0v) is 21.3. The van der Waals surface area contributed by atoms with Crippen molar-refractivity contribution in [1.82, 2.24) is 4.90 Å². The number of benzene rings is 1. The van der Waals surface area contributed by atoms with Gasteiger partial charge in [-0.1, -0.05) is 33.8 Å². The van der Waals surface area contributed by atoms with Crippen molar-refractivity contribution in [2.45, 2.75) is 83.8 Å². The normalized spacial score (nSPS) is 40.0. The van der Waals surface area contributed by atoms with Crippen molar-refractivity contribution in [2.75, 3.05) is 27.8 Å². The summed E-state index contributed by atoms with van der Waals surface area (Å²) in [7, 11) is 5.98. The molecule has 4 heteroatoms. The SMILES string of the molecule is COc1ccc2c(c1C)C13CCN(C)C(C2)[C@]12CC[C@@](OC)(/C(=C(/O)C(C)(C)C)C2)C3C. The zero-order chi connectivity index (χ0) is 23.3. The summed E-state index contributed by atoms with van der Waals surface area (Å²) < 4.78 is 12.3. The number of rotatable bonds is 2. The van der Waals surface area contributed by atoms with Crippen LogP contribution in [0.25, 0.3) is 0 Å². The minimum Gasteiger partial charge on any atom is -0.512 e. The summed E-state index contributed by atoms with van der Waals surface area (Å²) in [6, 6.07) is 4.96. The molecular formula is C28H41NO3. The molecule has 176 valence electrons. The lowest BCUT2D eigenvalue weighted by molar-refractivity contribution is -0.215. The second-order valence-corrected chi connectivity index (χ2v) is 12.1. The van der Waals surface area contributed by atoms with Crippen LogP contribution in [-0.4, -0.2) is 49.5 Å². The molecule has 1 heterocycles. The molecule has 1 aliphatic heterocycles. The fourth-order valence-electron chi connectivity index (χ4n) is 8.83. The molecule has 1 saturated heterocycles. The summed E-state index contributed by atoms with van der Waals surface area (Å²) in [5, 5.41) is 11.6. The van der Waals surface area contributed by atoms with Gasteiger partial charge in [0.15, 0.2) is 0 Å². The number of methoxy groups -OCH3 is 2. The third kappa shape index (κ3) is 2.36. The lowest BCUT2D eigenvalue weighted by Gasteiger charge is -2.75. The summed E-state index contributed by atoms with van der Waals surface area (Å²) in [5.74, 6) is 1.83. The maximum absolute atomic E-state index is 11.6. The summed E-state index contributed by atoms with van der Waals surface area (Å²) in [4.78, 5) is 2.62. The van der Waals surface area contributed by atoms with Crippen LogP contribution in [0.5, 0.6) is 5.75 Å². The van der Waals surface area contributed by atoms with Gasteiger partial charge >= 0.3 is 0 Å². The Morgan fingerprint density at radius 1 is 1.16 bits per heavy atom. The van der Waals surface area contributed by atoms with Crippen molar-refractivity contribution in [3.05, 3.63) is 40.2 Å². The number of ether oxygens (including phenoxy) is 2. The number of hydrogen-bond acceptors (Lipinski definition) is 4. The van der Waals surface area contributed by atoms with Gasteiger partial charge in [-0.15, -0.1) is 0 Å². The number of likely N-dealkylation sites (N-methyl/N-ethyl adjacent to an activating group) is 1. The summed E-state index contributed by atoms with van der Waals surface area (Å²) in [6.45, 7) is 12.2. The van der Waals surface area contributed by atoms with Gasteiger partial charge < -0.3 is 19.5 Å². The van der Waals surface area contributed by atoms with Gasteiger partial charge in [-0.2, -0.15) is 0 Å². The Morgan fingerprint density at radius 3 is 2.50 bits per heavy atom. The second-order valence-electron chi connectivity index (χ2n) is 12.1. The average Bonchev–Trinajstić information content (AvgIpc) is 2.75. The molecule has 4 nitrogen and oxygen atoms in total. The van der Waals surface area contributed by atoms with E-state index in [1.165, 1.54) is 22.3 Å². The van der Waals surface area contributed by atoms with Crippen LogP contribution in [-0.2, 0) is 16.6 Å². The molecule has 32 heavy (non-hydrogen) atoms. The Hall–Kier alpha value is -1.52. The molecule has 3 unspecified atom stereocenters. The maximum atomic E-state index is 11.6. The summed E-state index contributed by atoms with van der Waals surface area (Å²) in [6.07, 6.45) is 5.28. The Labute approximate surface area is 194 Å². The molecule has 0 amide bonds. The molecule has 1 N–H and O–H groups in total. The van der Waals surface area contributed by atoms with Crippen molar-refractivity contribution in [3.8, 4) is 5.75 Å². The van der Waals surface area contributed by atoms with Crippen LogP contribution >= 0.6 is 0 Å². The van der Waals surface area contributed by atoms with Crippen molar-refractivity contribution < 1.29 is 14.6 Å². The molecule has 0 radical (unpaired) electrons. The lowest BCUT2D eigenvalue weighted by atomic mass is 9.33. The highest BCUT2D eigenvalue weighted by Gasteiger charge is 2.75. The molecule has 1 spiro atoms. The molecule has 4 aliphatic carbocycles. The number of aliphatic hydroxyl groups is 1. The predicted octanol–water partition coefficient (Wildman–Crippen LogP) is 5.57. The van der Waals surface area contributed by atoms with E-state index in [-0.39, 0.29) is 22.2 Å². The van der Waals surface area contributed by atoms with Crippen molar-refractivity contribution in [3.63, 3.8) is 0 Å². The van der Waals surface area contributed by atoms with E-state index in [0.29, 0.717) is 11.8 Å². The maximum Gasteiger partial charge on any atom is 0.122 e. The van der Waals surface area contributed by atoms with Crippen LogP contribution in [0.2, 0.25) is 0 Å². The first-order chi connectivity index (χ1) is 15.0. The highest BCUT2D eigenvalue weighted by Crippen LogP contribution is 2.75. The Balaban J connectivity index is 1.85. The second kappa shape index (κ2) is 6.76. The van der Waals surface area contributed by atoms with Gasteiger partial charge in [0.1, 0.15) is 5.75 Å². The Morgan fingerprint density at radius 2 is 1.88 bits per heavy atom. The van der Waals surface area contributed by atoms with E-state index >= 15 is 0 Å². The number of aliphatic hydroxyl groups excluding tert-OH is 1. The monoisotopic (exact) mass is 439 g/mol. The molecule has 0 aromatic heterocycles. The number of fused-ring (bicyclic) bond motifs is 3. The van der Waals surface area contributed by atoms with Gasteiger partial charge in [-0.3, -0.25) is 0 Å². The Kier molecular flexibility index (Phi) is 4.71. The van der Waals surface area contributed by atoms with E-state index < -0.39 is 5.60 Å². The number of hydrogen-bond donors (Lipinski definition) is 1.